The number of carbonyl (C=O) groups is 1. The average Bonchev–Trinajstić information content (AvgIpc) is 2.83. The number of nitrogens with two attached hydrogens (primary N) is 1. The molecule has 0 aromatic heterocycles. The van der Waals surface area contributed by atoms with E-state index < -0.39 is 6.10 Å². The zero-order chi connectivity index (χ0) is 13.8. The molecule has 0 saturated carbocycles. The molecule has 1 unspecified atom stereocenters. The van der Waals surface area contributed by atoms with Crippen molar-refractivity contribution in [3.8, 4) is 11.8 Å². The number of amides is 1. The molecule has 2 rings (SSSR count). The summed E-state index contributed by atoms with van der Waals surface area (Å²) in [5.74, 6) is 5.64. The predicted molar refractivity (Wildman–Crippen MR) is 73.6 cm³/mol. The molecule has 0 aliphatic carbocycles. The second kappa shape index (κ2) is 5.87. The standard InChI is InChI=1S/C15H18N2O2/c1-11-4-5-12(3-2-7-16)14(9-11)15(19)17-8-6-13(18)10-17/h4-5,9,13,18H,6-8,10,16H2,1H3. The molecule has 1 fully saturated rings. The van der Waals surface area contributed by atoms with Gasteiger partial charge in [-0.3, -0.25) is 4.79 Å². The number of aliphatic hydroxyl groups excluding tert-OH is 1. The second-order valence-corrected chi connectivity index (χ2v) is 4.75. The predicted octanol–water partition coefficient (Wildman–Crippen LogP) is 0.512. The van der Waals surface area contributed by atoms with Crippen LogP contribution in [0.25, 0.3) is 0 Å². The number of carbonyl (C=O) groups excluding carboxylic acids is 1. The number of benzene rings is 1. The number of aryl methyl sites for hydroxylation is 1. The summed E-state index contributed by atoms with van der Waals surface area (Å²) in [5, 5.41) is 9.52. The highest BCUT2D eigenvalue weighted by Crippen LogP contribution is 2.17. The van der Waals surface area contributed by atoms with Gasteiger partial charge in [-0.25, -0.2) is 0 Å². The SMILES string of the molecule is Cc1ccc(C#CCN)c(C(=O)N2CCC(O)C2)c1. The third kappa shape index (κ3) is 3.14. The van der Waals surface area contributed by atoms with Crippen LogP contribution in [0.4, 0.5) is 0 Å². The number of β-amino-alcohol motifs (C(OH)–C–C–N with tert-alkyl or cyclic N) is 1. The number of aliphatic hydroxyl groups is 1. The van der Waals surface area contributed by atoms with Gasteiger partial charge in [0.25, 0.3) is 5.91 Å². The van der Waals surface area contributed by atoms with Crippen LogP contribution < -0.4 is 5.73 Å². The van der Waals surface area contributed by atoms with E-state index >= 15 is 0 Å². The maximum absolute atomic E-state index is 12.4. The van der Waals surface area contributed by atoms with Crippen molar-refractivity contribution in [2.45, 2.75) is 19.4 Å². The van der Waals surface area contributed by atoms with Crippen LogP contribution in [-0.2, 0) is 0 Å². The molecule has 100 valence electrons. The van der Waals surface area contributed by atoms with Gasteiger partial charge in [-0.1, -0.05) is 23.5 Å². The molecule has 4 nitrogen and oxygen atoms in total. The smallest absolute Gasteiger partial charge is 0.255 e. The van der Waals surface area contributed by atoms with E-state index in [2.05, 4.69) is 11.8 Å². The van der Waals surface area contributed by atoms with E-state index in [0.29, 0.717) is 30.6 Å². The van der Waals surface area contributed by atoms with Gasteiger partial charge >= 0.3 is 0 Å². The Morgan fingerprint density at radius 3 is 3.00 bits per heavy atom. The quantitative estimate of drug-likeness (QED) is 0.721. The molecule has 0 radical (unpaired) electrons. The van der Waals surface area contributed by atoms with Crippen LogP contribution in [0.5, 0.6) is 0 Å². The van der Waals surface area contributed by atoms with Crippen molar-refractivity contribution < 1.29 is 9.90 Å². The first-order chi connectivity index (χ1) is 9.11. The van der Waals surface area contributed by atoms with Crippen molar-refractivity contribution in [1.82, 2.24) is 4.90 Å². The van der Waals surface area contributed by atoms with E-state index in [1.807, 2.05) is 25.1 Å². The zero-order valence-electron chi connectivity index (χ0n) is 11.0. The molecule has 1 saturated heterocycles. The summed E-state index contributed by atoms with van der Waals surface area (Å²) in [7, 11) is 0. The van der Waals surface area contributed by atoms with Crippen LogP contribution in [0, 0.1) is 18.8 Å². The number of likely N-dealkylation sites (tertiary alicyclic amines) is 1. The molecule has 1 aromatic rings. The van der Waals surface area contributed by atoms with Gasteiger partial charge in [-0.15, -0.1) is 0 Å². The van der Waals surface area contributed by atoms with Crippen LogP contribution in [0.15, 0.2) is 18.2 Å². The number of rotatable bonds is 1. The van der Waals surface area contributed by atoms with Crippen molar-refractivity contribution in [1.29, 1.82) is 0 Å². The summed E-state index contributed by atoms with van der Waals surface area (Å²) >= 11 is 0. The Kier molecular flexibility index (Phi) is 4.20. The van der Waals surface area contributed by atoms with Gasteiger partial charge in [0, 0.05) is 18.7 Å². The highest BCUT2D eigenvalue weighted by atomic mass is 16.3. The molecule has 1 atom stereocenters. The van der Waals surface area contributed by atoms with Crippen LogP contribution in [0.1, 0.15) is 27.9 Å². The van der Waals surface area contributed by atoms with Gasteiger partial charge in [0.2, 0.25) is 0 Å². The summed E-state index contributed by atoms with van der Waals surface area (Å²) in [6, 6.07) is 5.61. The fourth-order valence-corrected chi connectivity index (χ4v) is 2.19. The Balaban J connectivity index is 2.31. The number of hydrogen-bond acceptors (Lipinski definition) is 3. The molecular weight excluding hydrogens is 240 g/mol. The molecule has 0 bridgehead atoms. The Morgan fingerprint density at radius 1 is 1.58 bits per heavy atom. The van der Waals surface area contributed by atoms with Crippen LogP contribution in [0.3, 0.4) is 0 Å². The Bertz CT molecular complexity index is 543. The maximum atomic E-state index is 12.4. The molecule has 1 aromatic carbocycles. The summed E-state index contributed by atoms with van der Waals surface area (Å²) in [6.07, 6.45) is 0.230. The van der Waals surface area contributed by atoms with E-state index in [-0.39, 0.29) is 12.5 Å². The molecule has 1 amide bonds. The number of nitrogens with zero attached hydrogens (tertiary/aromatic N) is 1. The summed E-state index contributed by atoms with van der Waals surface area (Å²) < 4.78 is 0. The molecule has 1 aliphatic rings. The van der Waals surface area contributed by atoms with Crippen molar-refractivity contribution in [3.63, 3.8) is 0 Å². The lowest BCUT2D eigenvalue weighted by atomic mass is 10.0. The first-order valence-corrected chi connectivity index (χ1v) is 6.38. The third-order valence-electron chi connectivity index (χ3n) is 3.18. The van der Waals surface area contributed by atoms with Gasteiger partial charge in [0.15, 0.2) is 0 Å². The minimum atomic E-state index is -0.410. The van der Waals surface area contributed by atoms with E-state index in [9.17, 15) is 9.90 Å². The maximum Gasteiger partial charge on any atom is 0.255 e. The normalized spacial score (nSPS) is 18.1. The summed E-state index contributed by atoms with van der Waals surface area (Å²) in [6.45, 7) is 3.20. The van der Waals surface area contributed by atoms with Gasteiger partial charge in [0.05, 0.1) is 18.2 Å². The molecule has 4 heteroatoms. The largest absolute Gasteiger partial charge is 0.391 e. The lowest BCUT2D eigenvalue weighted by Crippen LogP contribution is -2.30. The molecule has 1 aliphatic heterocycles. The van der Waals surface area contributed by atoms with Crippen molar-refractivity contribution in [2.75, 3.05) is 19.6 Å². The zero-order valence-corrected chi connectivity index (χ0v) is 11.0. The lowest BCUT2D eigenvalue weighted by molar-refractivity contribution is 0.0764. The van der Waals surface area contributed by atoms with E-state index in [0.717, 1.165) is 5.56 Å². The molecule has 1 heterocycles. The molecule has 19 heavy (non-hydrogen) atoms. The highest BCUT2D eigenvalue weighted by molar-refractivity contribution is 5.97. The van der Waals surface area contributed by atoms with Gasteiger partial charge in [-0.2, -0.15) is 0 Å². The number of hydrogen-bond donors (Lipinski definition) is 2. The summed E-state index contributed by atoms with van der Waals surface area (Å²) in [4.78, 5) is 14.1. The molecule has 3 N–H and O–H groups in total. The Hall–Kier alpha value is -1.83. The first kappa shape index (κ1) is 13.6. The lowest BCUT2D eigenvalue weighted by Gasteiger charge is -2.17. The molecule has 0 spiro atoms. The van der Waals surface area contributed by atoms with Gasteiger partial charge < -0.3 is 15.7 Å². The van der Waals surface area contributed by atoms with E-state index in [4.69, 9.17) is 5.73 Å². The molecular formula is C15H18N2O2. The van der Waals surface area contributed by atoms with Crippen molar-refractivity contribution in [2.24, 2.45) is 5.73 Å². The average molecular weight is 258 g/mol. The van der Waals surface area contributed by atoms with Crippen LogP contribution in [0.2, 0.25) is 0 Å². The minimum Gasteiger partial charge on any atom is -0.391 e. The van der Waals surface area contributed by atoms with Crippen molar-refractivity contribution in [3.05, 3.63) is 34.9 Å². The van der Waals surface area contributed by atoms with Crippen molar-refractivity contribution >= 4 is 5.91 Å². The fourth-order valence-electron chi connectivity index (χ4n) is 2.19. The van der Waals surface area contributed by atoms with Gasteiger partial charge in [0.1, 0.15) is 0 Å². The van der Waals surface area contributed by atoms with E-state index in [1.165, 1.54) is 0 Å². The third-order valence-corrected chi connectivity index (χ3v) is 3.18. The Morgan fingerprint density at radius 2 is 2.37 bits per heavy atom. The fraction of sp³-hybridized carbons (Fsp3) is 0.400. The summed E-state index contributed by atoms with van der Waals surface area (Å²) in [5.41, 5.74) is 7.68. The van der Waals surface area contributed by atoms with Gasteiger partial charge in [-0.05, 0) is 25.5 Å². The van der Waals surface area contributed by atoms with Crippen LogP contribution in [-0.4, -0.2) is 41.7 Å². The Labute approximate surface area is 113 Å². The minimum absolute atomic E-state index is 0.0680. The van der Waals surface area contributed by atoms with Crippen LogP contribution >= 0.6 is 0 Å². The monoisotopic (exact) mass is 258 g/mol. The highest BCUT2D eigenvalue weighted by Gasteiger charge is 2.26. The topological polar surface area (TPSA) is 66.6 Å². The first-order valence-electron chi connectivity index (χ1n) is 6.38. The van der Waals surface area contributed by atoms with E-state index in [1.54, 1.807) is 4.90 Å². The second-order valence-electron chi connectivity index (χ2n) is 4.75.